The zero-order valence-electron chi connectivity index (χ0n) is 6.83. The summed E-state index contributed by atoms with van der Waals surface area (Å²) < 4.78 is 0. The molecule has 0 N–H and O–H groups in total. The molecule has 1 aromatic heterocycles. The first kappa shape index (κ1) is 6.84. The fourth-order valence-corrected chi connectivity index (χ4v) is 1.54. The van der Waals surface area contributed by atoms with Gasteiger partial charge in [-0.1, -0.05) is 6.92 Å². The molecule has 1 nitrogen and oxygen atoms in total. The van der Waals surface area contributed by atoms with Gasteiger partial charge in [0.05, 0.1) is 0 Å². The van der Waals surface area contributed by atoms with Crippen molar-refractivity contribution in [2.24, 2.45) is 5.92 Å². The van der Waals surface area contributed by atoms with Gasteiger partial charge in [0.25, 0.3) is 0 Å². The van der Waals surface area contributed by atoms with Crippen LogP contribution in [0.3, 0.4) is 0 Å². The van der Waals surface area contributed by atoms with Crippen molar-refractivity contribution in [1.29, 1.82) is 0 Å². The summed E-state index contributed by atoms with van der Waals surface area (Å²) in [6.07, 6.45) is 6.61. The molecule has 1 heterocycles. The molecule has 1 aliphatic rings. The van der Waals surface area contributed by atoms with Gasteiger partial charge in [0, 0.05) is 12.4 Å². The molecule has 0 bridgehead atoms. The highest BCUT2D eigenvalue weighted by atomic mass is 14.6. The lowest BCUT2D eigenvalue weighted by Crippen LogP contribution is -1.94. The van der Waals surface area contributed by atoms with E-state index in [1.807, 2.05) is 12.4 Å². The molecule has 1 aliphatic carbocycles. The number of rotatable bonds is 2. The van der Waals surface area contributed by atoms with Gasteiger partial charge in [-0.25, -0.2) is 0 Å². The van der Waals surface area contributed by atoms with Gasteiger partial charge < -0.3 is 0 Å². The Bertz CT molecular complexity index is 226. The Kier molecular flexibility index (Phi) is 1.65. The van der Waals surface area contributed by atoms with Crippen LogP contribution >= 0.6 is 0 Å². The lowest BCUT2D eigenvalue weighted by atomic mass is 9.98. The maximum atomic E-state index is 4.01. The molecule has 0 radical (unpaired) electrons. The SMILES string of the molecule is C[C@H](c1ccncc1)C1CC1. The summed E-state index contributed by atoms with van der Waals surface area (Å²) in [5.41, 5.74) is 1.45. The van der Waals surface area contributed by atoms with Gasteiger partial charge >= 0.3 is 0 Å². The normalized spacial score (nSPS) is 19.7. The Morgan fingerprint density at radius 1 is 1.36 bits per heavy atom. The monoisotopic (exact) mass is 147 g/mol. The number of pyridine rings is 1. The Labute approximate surface area is 67.5 Å². The van der Waals surface area contributed by atoms with Crippen molar-refractivity contribution in [2.45, 2.75) is 25.7 Å². The molecule has 0 saturated heterocycles. The van der Waals surface area contributed by atoms with E-state index in [0.717, 1.165) is 11.8 Å². The van der Waals surface area contributed by atoms with Gasteiger partial charge in [-0.2, -0.15) is 0 Å². The smallest absolute Gasteiger partial charge is 0.0270 e. The zero-order valence-corrected chi connectivity index (χ0v) is 6.83. The predicted octanol–water partition coefficient (Wildman–Crippen LogP) is 2.60. The van der Waals surface area contributed by atoms with Crippen LogP contribution in [0, 0.1) is 5.92 Å². The molecule has 1 saturated carbocycles. The Hall–Kier alpha value is -0.850. The highest BCUT2D eigenvalue weighted by Crippen LogP contribution is 2.41. The van der Waals surface area contributed by atoms with Crippen LogP contribution in [0.4, 0.5) is 0 Å². The van der Waals surface area contributed by atoms with E-state index < -0.39 is 0 Å². The van der Waals surface area contributed by atoms with E-state index in [-0.39, 0.29) is 0 Å². The van der Waals surface area contributed by atoms with Gasteiger partial charge in [-0.3, -0.25) is 4.98 Å². The Balaban J connectivity index is 2.15. The molecular formula is C10H13N. The average molecular weight is 147 g/mol. The van der Waals surface area contributed by atoms with E-state index in [2.05, 4.69) is 24.0 Å². The lowest BCUT2D eigenvalue weighted by molar-refractivity contribution is 0.663. The van der Waals surface area contributed by atoms with E-state index in [4.69, 9.17) is 0 Å². The largest absolute Gasteiger partial charge is 0.265 e. The van der Waals surface area contributed by atoms with Crippen LogP contribution in [0.15, 0.2) is 24.5 Å². The van der Waals surface area contributed by atoms with Crippen LogP contribution in [0.5, 0.6) is 0 Å². The maximum Gasteiger partial charge on any atom is 0.0270 e. The molecule has 1 heteroatoms. The maximum absolute atomic E-state index is 4.01. The minimum absolute atomic E-state index is 0.748. The summed E-state index contributed by atoms with van der Waals surface area (Å²) in [6, 6.07) is 4.26. The molecule has 1 atom stereocenters. The molecule has 0 unspecified atom stereocenters. The molecule has 2 rings (SSSR count). The molecule has 11 heavy (non-hydrogen) atoms. The topological polar surface area (TPSA) is 12.9 Å². The van der Waals surface area contributed by atoms with Crippen molar-refractivity contribution in [3.8, 4) is 0 Å². The number of hydrogen-bond donors (Lipinski definition) is 0. The van der Waals surface area contributed by atoms with Crippen molar-refractivity contribution in [3.05, 3.63) is 30.1 Å². The molecule has 0 amide bonds. The quantitative estimate of drug-likeness (QED) is 0.626. The predicted molar refractivity (Wildman–Crippen MR) is 45.4 cm³/mol. The van der Waals surface area contributed by atoms with Gasteiger partial charge in [-0.05, 0) is 42.4 Å². The zero-order chi connectivity index (χ0) is 7.68. The third-order valence-electron chi connectivity index (χ3n) is 2.56. The summed E-state index contributed by atoms with van der Waals surface area (Å²) in [4.78, 5) is 4.01. The van der Waals surface area contributed by atoms with Gasteiger partial charge in [0.1, 0.15) is 0 Å². The fourth-order valence-electron chi connectivity index (χ4n) is 1.54. The van der Waals surface area contributed by atoms with E-state index in [1.165, 1.54) is 18.4 Å². The molecular weight excluding hydrogens is 134 g/mol. The van der Waals surface area contributed by atoms with Crippen molar-refractivity contribution in [3.63, 3.8) is 0 Å². The Morgan fingerprint density at radius 3 is 2.55 bits per heavy atom. The van der Waals surface area contributed by atoms with Gasteiger partial charge in [-0.15, -0.1) is 0 Å². The molecule has 1 fully saturated rings. The average Bonchev–Trinajstić information content (AvgIpc) is 2.87. The summed E-state index contributed by atoms with van der Waals surface area (Å²) in [6.45, 7) is 2.31. The number of nitrogens with zero attached hydrogens (tertiary/aromatic N) is 1. The molecule has 0 aromatic carbocycles. The van der Waals surface area contributed by atoms with Crippen LogP contribution in [0.2, 0.25) is 0 Å². The lowest BCUT2D eigenvalue weighted by Gasteiger charge is -2.08. The van der Waals surface area contributed by atoms with Gasteiger partial charge in [0.15, 0.2) is 0 Å². The summed E-state index contributed by atoms with van der Waals surface area (Å²) >= 11 is 0. The highest BCUT2D eigenvalue weighted by Gasteiger charge is 2.28. The number of hydrogen-bond acceptors (Lipinski definition) is 1. The van der Waals surface area contributed by atoms with Crippen LogP contribution in [-0.2, 0) is 0 Å². The molecule has 58 valence electrons. The van der Waals surface area contributed by atoms with Crippen LogP contribution in [0.1, 0.15) is 31.2 Å². The van der Waals surface area contributed by atoms with Gasteiger partial charge in [0.2, 0.25) is 0 Å². The van der Waals surface area contributed by atoms with Crippen LogP contribution < -0.4 is 0 Å². The molecule has 0 spiro atoms. The summed E-state index contributed by atoms with van der Waals surface area (Å²) in [5, 5.41) is 0. The van der Waals surface area contributed by atoms with E-state index in [0.29, 0.717) is 0 Å². The van der Waals surface area contributed by atoms with Crippen LogP contribution in [-0.4, -0.2) is 4.98 Å². The Morgan fingerprint density at radius 2 is 2.00 bits per heavy atom. The minimum atomic E-state index is 0.748. The number of aromatic nitrogens is 1. The van der Waals surface area contributed by atoms with E-state index in [9.17, 15) is 0 Å². The second-order valence-corrected chi connectivity index (χ2v) is 3.41. The van der Waals surface area contributed by atoms with Crippen LogP contribution in [0.25, 0.3) is 0 Å². The van der Waals surface area contributed by atoms with E-state index in [1.54, 1.807) is 0 Å². The fraction of sp³-hybridized carbons (Fsp3) is 0.500. The first-order chi connectivity index (χ1) is 5.38. The third-order valence-corrected chi connectivity index (χ3v) is 2.56. The second kappa shape index (κ2) is 2.65. The molecule has 1 aromatic rings. The third kappa shape index (κ3) is 1.42. The minimum Gasteiger partial charge on any atom is -0.265 e. The van der Waals surface area contributed by atoms with Crippen molar-refractivity contribution in [2.75, 3.05) is 0 Å². The highest BCUT2D eigenvalue weighted by molar-refractivity contribution is 5.17. The molecule has 0 aliphatic heterocycles. The first-order valence-electron chi connectivity index (χ1n) is 4.28. The van der Waals surface area contributed by atoms with E-state index >= 15 is 0 Å². The standard InChI is InChI=1S/C10H13N/c1-8(9-2-3-9)10-4-6-11-7-5-10/h4-9H,2-3H2,1H3/t8-/m0/s1. The second-order valence-electron chi connectivity index (χ2n) is 3.41. The van der Waals surface area contributed by atoms with Crippen molar-refractivity contribution in [1.82, 2.24) is 4.98 Å². The van der Waals surface area contributed by atoms with Crippen molar-refractivity contribution < 1.29 is 0 Å². The summed E-state index contributed by atoms with van der Waals surface area (Å²) in [7, 11) is 0. The van der Waals surface area contributed by atoms with Crippen molar-refractivity contribution >= 4 is 0 Å². The summed E-state index contributed by atoms with van der Waals surface area (Å²) in [5.74, 6) is 1.70. The first-order valence-corrected chi connectivity index (χ1v) is 4.28.